The summed E-state index contributed by atoms with van der Waals surface area (Å²) in [6.45, 7) is 5.00. The molecule has 0 aliphatic carbocycles. The third kappa shape index (κ3) is 4.77. The van der Waals surface area contributed by atoms with Crippen molar-refractivity contribution in [1.29, 1.82) is 5.26 Å². The molecule has 0 saturated carbocycles. The zero-order valence-corrected chi connectivity index (χ0v) is 12.9. The summed E-state index contributed by atoms with van der Waals surface area (Å²) in [7, 11) is 0. The molecule has 1 saturated heterocycles. The van der Waals surface area contributed by atoms with Crippen LogP contribution in [0.15, 0.2) is 17.6 Å². The van der Waals surface area contributed by atoms with E-state index in [0.29, 0.717) is 0 Å². The summed E-state index contributed by atoms with van der Waals surface area (Å²) in [5.41, 5.74) is 1.14. The van der Waals surface area contributed by atoms with Crippen LogP contribution >= 0.6 is 11.8 Å². The smallest absolute Gasteiger partial charge is 0.187 e. The van der Waals surface area contributed by atoms with Gasteiger partial charge in [-0.15, -0.1) is 0 Å². The molecule has 0 aromatic carbocycles. The van der Waals surface area contributed by atoms with Gasteiger partial charge in [-0.3, -0.25) is 4.90 Å². The van der Waals surface area contributed by atoms with Crippen LogP contribution in [0.1, 0.15) is 38.2 Å². The van der Waals surface area contributed by atoms with Gasteiger partial charge in [0.25, 0.3) is 0 Å². The van der Waals surface area contributed by atoms with Gasteiger partial charge < -0.3 is 0 Å². The lowest BCUT2D eigenvalue weighted by atomic mass is 9.99. The lowest BCUT2D eigenvalue weighted by Gasteiger charge is -2.29. The lowest BCUT2D eigenvalue weighted by molar-refractivity contribution is 0.191. The highest BCUT2D eigenvalue weighted by Gasteiger charge is 2.19. The molecule has 4 nitrogen and oxygen atoms in total. The van der Waals surface area contributed by atoms with E-state index >= 15 is 0 Å². The van der Waals surface area contributed by atoms with Crippen LogP contribution in [0.25, 0.3) is 0 Å². The molecule has 0 spiro atoms. The molecular formula is C15H22N4S. The van der Waals surface area contributed by atoms with Crippen LogP contribution in [0.4, 0.5) is 0 Å². The van der Waals surface area contributed by atoms with E-state index in [1.165, 1.54) is 12.8 Å². The SMILES string of the molecule is CCCCSc1ncc(CN2CCCC(C#N)C2)cn1. The number of unbranched alkanes of at least 4 members (excludes halogenated alkanes) is 1. The van der Waals surface area contributed by atoms with Crippen LogP contribution in [0.2, 0.25) is 0 Å². The Morgan fingerprint density at radius 1 is 1.45 bits per heavy atom. The van der Waals surface area contributed by atoms with Crippen molar-refractivity contribution in [2.75, 3.05) is 18.8 Å². The fourth-order valence-electron chi connectivity index (χ4n) is 2.37. The molecule has 0 radical (unpaired) electrons. The summed E-state index contributed by atoms with van der Waals surface area (Å²) in [5.74, 6) is 1.28. The average Bonchev–Trinajstić information content (AvgIpc) is 2.49. The first kappa shape index (κ1) is 15.3. The van der Waals surface area contributed by atoms with Gasteiger partial charge in [-0.2, -0.15) is 5.26 Å². The van der Waals surface area contributed by atoms with Gasteiger partial charge in [0.2, 0.25) is 0 Å². The number of nitriles is 1. The molecule has 2 rings (SSSR count). The Kier molecular flexibility index (Phi) is 6.28. The maximum Gasteiger partial charge on any atom is 0.187 e. The first-order valence-corrected chi connectivity index (χ1v) is 8.36. The van der Waals surface area contributed by atoms with Crippen molar-refractivity contribution < 1.29 is 0 Å². The zero-order valence-electron chi connectivity index (χ0n) is 12.1. The minimum atomic E-state index is 0.188. The number of nitrogens with zero attached hydrogens (tertiary/aromatic N) is 4. The van der Waals surface area contributed by atoms with Crippen molar-refractivity contribution in [1.82, 2.24) is 14.9 Å². The molecule has 1 atom stereocenters. The van der Waals surface area contributed by atoms with Crippen molar-refractivity contribution in [3.05, 3.63) is 18.0 Å². The summed E-state index contributed by atoms with van der Waals surface area (Å²) in [6.07, 6.45) is 8.42. The predicted molar refractivity (Wildman–Crippen MR) is 81.3 cm³/mol. The van der Waals surface area contributed by atoms with Crippen LogP contribution in [0.3, 0.4) is 0 Å². The van der Waals surface area contributed by atoms with E-state index in [0.717, 1.165) is 48.9 Å². The molecule has 1 fully saturated rings. The lowest BCUT2D eigenvalue weighted by Crippen LogP contribution is -2.34. The van der Waals surface area contributed by atoms with Gasteiger partial charge in [-0.05, 0) is 25.8 Å². The predicted octanol–water partition coefficient (Wildman–Crippen LogP) is 3.10. The molecule has 0 N–H and O–H groups in total. The third-order valence-corrected chi connectivity index (χ3v) is 4.47. The maximum atomic E-state index is 9.01. The molecule has 1 aliphatic rings. The summed E-state index contributed by atoms with van der Waals surface area (Å²) in [5, 5.41) is 9.88. The summed E-state index contributed by atoms with van der Waals surface area (Å²) in [4.78, 5) is 11.2. The number of rotatable bonds is 6. The highest BCUT2D eigenvalue weighted by atomic mass is 32.2. The standard InChI is InChI=1S/C15H22N4S/c1-2-3-7-20-15-17-9-14(10-18-15)12-19-6-4-5-13(8-16)11-19/h9-10,13H,2-7,11-12H2,1H3. The Hall–Kier alpha value is -1.12. The number of piperidine rings is 1. The Bertz CT molecular complexity index is 440. The van der Waals surface area contributed by atoms with Gasteiger partial charge in [-0.1, -0.05) is 25.1 Å². The van der Waals surface area contributed by atoms with Gasteiger partial charge in [0.15, 0.2) is 5.16 Å². The van der Waals surface area contributed by atoms with Crippen LogP contribution in [-0.2, 0) is 6.54 Å². The zero-order chi connectivity index (χ0) is 14.2. The van der Waals surface area contributed by atoms with E-state index in [-0.39, 0.29) is 5.92 Å². The minimum absolute atomic E-state index is 0.188. The van der Waals surface area contributed by atoms with E-state index in [1.54, 1.807) is 11.8 Å². The van der Waals surface area contributed by atoms with E-state index in [9.17, 15) is 0 Å². The minimum Gasteiger partial charge on any atom is -0.298 e. The number of thioether (sulfide) groups is 1. The van der Waals surface area contributed by atoms with Crippen LogP contribution in [0, 0.1) is 17.2 Å². The van der Waals surface area contributed by atoms with Crippen molar-refractivity contribution in [3.63, 3.8) is 0 Å². The van der Waals surface area contributed by atoms with E-state index in [1.807, 2.05) is 12.4 Å². The highest BCUT2D eigenvalue weighted by molar-refractivity contribution is 7.99. The van der Waals surface area contributed by atoms with Gasteiger partial charge in [-0.25, -0.2) is 9.97 Å². The number of likely N-dealkylation sites (tertiary alicyclic amines) is 1. The van der Waals surface area contributed by atoms with Crippen LogP contribution < -0.4 is 0 Å². The van der Waals surface area contributed by atoms with Crippen LogP contribution in [-0.4, -0.2) is 33.7 Å². The Morgan fingerprint density at radius 2 is 2.25 bits per heavy atom. The molecule has 0 amide bonds. The molecule has 1 aliphatic heterocycles. The van der Waals surface area contributed by atoms with Gasteiger partial charge >= 0.3 is 0 Å². The third-order valence-electron chi connectivity index (χ3n) is 3.50. The topological polar surface area (TPSA) is 52.8 Å². The number of hydrogen-bond donors (Lipinski definition) is 0. The fourth-order valence-corrected chi connectivity index (χ4v) is 3.24. The molecule has 108 valence electrons. The molecule has 1 unspecified atom stereocenters. The summed E-state index contributed by atoms with van der Waals surface area (Å²) < 4.78 is 0. The van der Waals surface area contributed by atoms with E-state index < -0.39 is 0 Å². The molecule has 2 heterocycles. The second-order valence-corrected chi connectivity index (χ2v) is 6.34. The quantitative estimate of drug-likeness (QED) is 0.458. The van der Waals surface area contributed by atoms with Gasteiger partial charge in [0.05, 0.1) is 12.0 Å². The van der Waals surface area contributed by atoms with E-state index in [2.05, 4.69) is 27.9 Å². The summed E-state index contributed by atoms with van der Waals surface area (Å²) >= 11 is 1.72. The molecule has 0 bridgehead atoms. The number of hydrogen-bond acceptors (Lipinski definition) is 5. The molecule has 20 heavy (non-hydrogen) atoms. The molecule has 5 heteroatoms. The average molecular weight is 290 g/mol. The largest absolute Gasteiger partial charge is 0.298 e. The van der Waals surface area contributed by atoms with Crippen molar-refractivity contribution in [2.45, 2.75) is 44.3 Å². The Morgan fingerprint density at radius 3 is 2.95 bits per heavy atom. The van der Waals surface area contributed by atoms with Crippen LogP contribution in [0.5, 0.6) is 0 Å². The van der Waals surface area contributed by atoms with Gasteiger partial charge in [0, 0.05) is 36.8 Å². The van der Waals surface area contributed by atoms with E-state index in [4.69, 9.17) is 5.26 Å². The Labute approximate surface area is 125 Å². The van der Waals surface area contributed by atoms with Crippen molar-refractivity contribution in [3.8, 4) is 6.07 Å². The molecule has 1 aromatic heterocycles. The maximum absolute atomic E-state index is 9.01. The molecular weight excluding hydrogens is 268 g/mol. The van der Waals surface area contributed by atoms with Crippen molar-refractivity contribution >= 4 is 11.8 Å². The second kappa shape index (κ2) is 8.23. The fraction of sp³-hybridized carbons (Fsp3) is 0.667. The monoisotopic (exact) mass is 290 g/mol. The first-order valence-electron chi connectivity index (χ1n) is 7.37. The first-order chi connectivity index (χ1) is 9.81. The highest BCUT2D eigenvalue weighted by Crippen LogP contribution is 2.18. The molecule has 1 aromatic rings. The second-order valence-electron chi connectivity index (χ2n) is 5.28. The Balaban J connectivity index is 1.82. The summed E-state index contributed by atoms with van der Waals surface area (Å²) in [6, 6.07) is 2.38. The van der Waals surface area contributed by atoms with Crippen molar-refractivity contribution in [2.24, 2.45) is 5.92 Å². The van der Waals surface area contributed by atoms with Gasteiger partial charge in [0.1, 0.15) is 0 Å². The normalized spacial score (nSPS) is 19.7. The number of aromatic nitrogens is 2.